The van der Waals surface area contributed by atoms with E-state index < -0.39 is 0 Å². The smallest absolute Gasteiger partial charge is 0.173 e. The number of ether oxygens (including phenoxy) is 1. The van der Waals surface area contributed by atoms with Crippen LogP contribution < -0.4 is 10.5 Å². The van der Waals surface area contributed by atoms with Crippen molar-refractivity contribution >= 4 is 5.84 Å². The second-order valence-electron chi connectivity index (χ2n) is 5.30. The van der Waals surface area contributed by atoms with Gasteiger partial charge in [-0.15, -0.1) is 0 Å². The first kappa shape index (κ1) is 15.6. The monoisotopic (exact) mass is 293 g/mol. The van der Waals surface area contributed by atoms with E-state index in [0.717, 1.165) is 12.1 Å². The van der Waals surface area contributed by atoms with Gasteiger partial charge in [-0.05, 0) is 30.5 Å². The van der Waals surface area contributed by atoms with Crippen molar-refractivity contribution in [2.75, 3.05) is 20.3 Å². The Balaban J connectivity index is 2.18. The molecular formula is C15H23N3O3. The van der Waals surface area contributed by atoms with E-state index in [0.29, 0.717) is 23.9 Å². The summed E-state index contributed by atoms with van der Waals surface area (Å²) in [6.45, 7) is 1.55. The van der Waals surface area contributed by atoms with Crippen LogP contribution in [0.1, 0.15) is 30.4 Å². The minimum Gasteiger partial charge on any atom is -0.496 e. The summed E-state index contributed by atoms with van der Waals surface area (Å²) in [6, 6.07) is 6.21. The molecule has 0 radical (unpaired) electrons. The third-order valence-electron chi connectivity index (χ3n) is 4.01. The second kappa shape index (κ2) is 7.28. The molecular weight excluding hydrogens is 270 g/mol. The molecule has 6 heteroatoms. The van der Waals surface area contributed by atoms with Gasteiger partial charge in [0.1, 0.15) is 5.75 Å². The number of oxime groups is 1. The number of aliphatic hydroxyl groups excluding tert-OH is 1. The summed E-state index contributed by atoms with van der Waals surface area (Å²) in [7, 11) is 1.55. The molecule has 0 aliphatic heterocycles. The molecule has 116 valence electrons. The van der Waals surface area contributed by atoms with E-state index in [9.17, 15) is 5.11 Å². The molecule has 1 fully saturated rings. The van der Waals surface area contributed by atoms with Gasteiger partial charge < -0.3 is 20.8 Å². The quantitative estimate of drug-likeness (QED) is 0.303. The predicted molar refractivity (Wildman–Crippen MR) is 80.6 cm³/mol. The largest absolute Gasteiger partial charge is 0.496 e. The molecule has 4 N–H and O–H groups in total. The molecule has 0 bridgehead atoms. The predicted octanol–water partition coefficient (Wildman–Crippen LogP) is 1.14. The lowest BCUT2D eigenvalue weighted by molar-refractivity contribution is 0.0945. The van der Waals surface area contributed by atoms with Crippen LogP contribution in [0.15, 0.2) is 23.4 Å². The number of aliphatic hydroxyl groups is 1. The first-order valence-electron chi connectivity index (χ1n) is 7.19. The Labute approximate surface area is 124 Å². The zero-order chi connectivity index (χ0) is 15.2. The third kappa shape index (κ3) is 3.65. The van der Waals surface area contributed by atoms with Gasteiger partial charge in [-0.2, -0.15) is 0 Å². The van der Waals surface area contributed by atoms with Crippen molar-refractivity contribution in [3.8, 4) is 5.75 Å². The van der Waals surface area contributed by atoms with Crippen LogP contribution in [0.5, 0.6) is 5.75 Å². The lowest BCUT2D eigenvalue weighted by Gasteiger charge is -2.37. The minimum atomic E-state index is 0.0334. The number of hydrogen-bond donors (Lipinski definition) is 3. The van der Waals surface area contributed by atoms with Crippen LogP contribution in [0.2, 0.25) is 0 Å². The van der Waals surface area contributed by atoms with Gasteiger partial charge in [0.05, 0.1) is 19.3 Å². The molecule has 0 unspecified atom stereocenters. The molecule has 0 atom stereocenters. The van der Waals surface area contributed by atoms with Crippen LogP contribution in [0, 0.1) is 0 Å². The van der Waals surface area contributed by atoms with Crippen LogP contribution in [0.4, 0.5) is 0 Å². The van der Waals surface area contributed by atoms with Crippen LogP contribution >= 0.6 is 0 Å². The molecule has 1 aromatic rings. The van der Waals surface area contributed by atoms with Gasteiger partial charge in [-0.3, -0.25) is 4.90 Å². The molecule has 21 heavy (non-hydrogen) atoms. The highest BCUT2D eigenvalue weighted by atomic mass is 16.5. The first-order chi connectivity index (χ1) is 10.2. The normalized spacial score (nSPS) is 16.0. The number of amidine groups is 1. The van der Waals surface area contributed by atoms with E-state index in [1.54, 1.807) is 7.11 Å². The van der Waals surface area contributed by atoms with E-state index in [4.69, 9.17) is 15.7 Å². The number of nitrogens with zero attached hydrogens (tertiary/aromatic N) is 2. The van der Waals surface area contributed by atoms with E-state index in [-0.39, 0.29) is 12.4 Å². The van der Waals surface area contributed by atoms with Crippen molar-refractivity contribution in [3.63, 3.8) is 0 Å². The van der Waals surface area contributed by atoms with Gasteiger partial charge in [0.2, 0.25) is 0 Å². The highest BCUT2D eigenvalue weighted by Crippen LogP contribution is 2.27. The van der Waals surface area contributed by atoms with E-state index >= 15 is 0 Å². The molecule has 0 heterocycles. The van der Waals surface area contributed by atoms with E-state index in [1.807, 2.05) is 18.2 Å². The third-order valence-corrected chi connectivity index (χ3v) is 4.01. The van der Waals surface area contributed by atoms with Crippen molar-refractivity contribution in [1.29, 1.82) is 0 Å². The fraction of sp³-hybridized carbons (Fsp3) is 0.533. The Morgan fingerprint density at radius 1 is 1.48 bits per heavy atom. The topological polar surface area (TPSA) is 91.3 Å². The maximum Gasteiger partial charge on any atom is 0.173 e. The summed E-state index contributed by atoms with van der Waals surface area (Å²) in [5, 5.41) is 21.1. The van der Waals surface area contributed by atoms with Gasteiger partial charge in [0, 0.05) is 19.1 Å². The molecule has 6 nitrogen and oxygen atoms in total. The Kier molecular flexibility index (Phi) is 5.41. The van der Waals surface area contributed by atoms with Crippen LogP contribution in [0.25, 0.3) is 0 Å². The standard InChI is InChI=1S/C15H23N3O3/c1-21-14-6-5-11(9-13(14)15(16)17-20)10-18(7-8-19)12-3-2-4-12/h5-6,9,12,19-20H,2-4,7-8,10H2,1H3,(H2,16,17). The lowest BCUT2D eigenvalue weighted by Crippen LogP contribution is -2.41. The van der Waals surface area contributed by atoms with Crippen LogP contribution in [0.3, 0.4) is 0 Å². The summed E-state index contributed by atoms with van der Waals surface area (Å²) in [5.41, 5.74) is 7.32. The van der Waals surface area contributed by atoms with Gasteiger partial charge >= 0.3 is 0 Å². The van der Waals surface area contributed by atoms with Gasteiger partial charge in [-0.1, -0.05) is 17.6 Å². The first-order valence-corrected chi connectivity index (χ1v) is 7.19. The number of hydrogen-bond acceptors (Lipinski definition) is 5. The molecule has 0 saturated heterocycles. The maximum absolute atomic E-state index is 9.21. The molecule has 1 aromatic carbocycles. The SMILES string of the molecule is COc1ccc(CN(CCO)C2CCC2)cc1/C(N)=N/O. The van der Waals surface area contributed by atoms with Crippen molar-refractivity contribution in [2.24, 2.45) is 10.9 Å². The summed E-state index contributed by atoms with van der Waals surface area (Å²) in [5.74, 6) is 0.609. The highest BCUT2D eigenvalue weighted by molar-refractivity contribution is 5.99. The fourth-order valence-corrected chi connectivity index (χ4v) is 2.61. The van der Waals surface area contributed by atoms with Crippen molar-refractivity contribution in [1.82, 2.24) is 4.90 Å². The number of benzene rings is 1. The molecule has 2 rings (SSSR count). The molecule has 0 spiro atoms. The van der Waals surface area contributed by atoms with Gasteiger partial charge in [-0.25, -0.2) is 0 Å². The number of nitrogens with two attached hydrogens (primary N) is 1. The summed E-state index contributed by atoms with van der Waals surface area (Å²) in [4.78, 5) is 2.28. The van der Waals surface area contributed by atoms with Crippen molar-refractivity contribution in [2.45, 2.75) is 31.8 Å². The van der Waals surface area contributed by atoms with Crippen LogP contribution in [-0.2, 0) is 6.54 Å². The van der Waals surface area contributed by atoms with Crippen molar-refractivity contribution < 1.29 is 15.1 Å². The Bertz CT molecular complexity index is 501. The average molecular weight is 293 g/mol. The molecule has 1 saturated carbocycles. The van der Waals surface area contributed by atoms with Gasteiger partial charge in [0.15, 0.2) is 5.84 Å². The Hall–Kier alpha value is -1.79. The molecule has 0 aromatic heterocycles. The molecule has 1 aliphatic rings. The average Bonchev–Trinajstić information content (AvgIpc) is 2.44. The molecule has 1 aliphatic carbocycles. The minimum absolute atomic E-state index is 0.0334. The number of methoxy groups -OCH3 is 1. The zero-order valence-electron chi connectivity index (χ0n) is 12.3. The van der Waals surface area contributed by atoms with Gasteiger partial charge in [0.25, 0.3) is 0 Å². The highest BCUT2D eigenvalue weighted by Gasteiger charge is 2.24. The molecule has 0 amide bonds. The summed E-state index contributed by atoms with van der Waals surface area (Å²) in [6.07, 6.45) is 3.62. The summed E-state index contributed by atoms with van der Waals surface area (Å²) >= 11 is 0. The van der Waals surface area contributed by atoms with E-state index in [1.165, 1.54) is 19.3 Å². The second-order valence-corrected chi connectivity index (χ2v) is 5.30. The maximum atomic E-state index is 9.21. The number of rotatable bonds is 7. The van der Waals surface area contributed by atoms with E-state index in [2.05, 4.69) is 10.1 Å². The van der Waals surface area contributed by atoms with Crippen LogP contribution in [-0.4, -0.2) is 47.4 Å². The lowest BCUT2D eigenvalue weighted by atomic mass is 9.91. The van der Waals surface area contributed by atoms with Crippen molar-refractivity contribution in [3.05, 3.63) is 29.3 Å². The zero-order valence-corrected chi connectivity index (χ0v) is 12.3. The fourth-order valence-electron chi connectivity index (χ4n) is 2.61. The Morgan fingerprint density at radius 3 is 2.76 bits per heavy atom. The Morgan fingerprint density at radius 2 is 2.24 bits per heavy atom. The summed E-state index contributed by atoms with van der Waals surface area (Å²) < 4.78 is 5.23.